The summed E-state index contributed by atoms with van der Waals surface area (Å²) in [5.41, 5.74) is 0.254. The highest BCUT2D eigenvalue weighted by molar-refractivity contribution is 9.10. The number of halogens is 4. The Hall–Kier alpha value is -1.10. The Morgan fingerprint density at radius 3 is 2.68 bits per heavy atom. The van der Waals surface area contributed by atoms with E-state index in [9.17, 15) is 9.18 Å². The molecule has 98 valence electrons. The Bertz CT molecular complexity index is 649. The molecule has 0 bridgehead atoms. The summed E-state index contributed by atoms with van der Waals surface area (Å²) in [5, 5.41) is 3.27. The number of amides is 1. The quantitative estimate of drug-likeness (QED) is 0.786. The molecule has 0 atom stereocenters. The highest BCUT2D eigenvalue weighted by Gasteiger charge is 2.15. The molecule has 1 N–H and O–H groups in total. The van der Waals surface area contributed by atoms with Crippen LogP contribution in [0, 0.1) is 5.82 Å². The van der Waals surface area contributed by atoms with E-state index in [0.717, 1.165) is 0 Å². The fourth-order valence-electron chi connectivity index (χ4n) is 1.46. The monoisotopic (exact) mass is 361 g/mol. The van der Waals surface area contributed by atoms with Gasteiger partial charge in [0.15, 0.2) is 0 Å². The normalized spacial score (nSPS) is 10.3. The molecule has 0 saturated carbocycles. The van der Waals surface area contributed by atoms with E-state index in [2.05, 4.69) is 21.2 Å². The maximum atomic E-state index is 13.8. The predicted molar refractivity (Wildman–Crippen MR) is 78.5 cm³/mol. The number of nitrogens with one attached hydrogen (secondary N) is 1. The smallest absolute Gasteiger partial charge is 0.258 e. The second-order valence-corrected chi connectivity index (χ2v) is 5.38. The van der Waals surface area contributed by atoms with Crippen molar-refractivity contribution in [1.29, 1.82) is 0 Å². The molecule has 0 aromatic heterocycles. The van der Waals surface area contributed by atoms with Crippen LogP contribution in [-0.2, 0) is 0 Å². The second kappa shape index (κ2) is 5.90. The van der Waals surface area contributed by atoms with Crippen LogP contribution in [0.15, 0.2) is 40.9 Å². The van der Waals surface area contributed by atoms with Gasteiger partial charge in [-0.25, -0.2) is 4.39 Å². The lowest BCUT2D eigenvalue weighted by atomic mass is 10.2. The van der Waals surface area contributed by atoms with Gasteiger partial charge in [0.2, 0.25) is 0 Å². The molecule has 2 rings (SSSR count). The number of rotatable bonds is 2. The summed E-state index contributed by atoms with van der Waals surface area (Å²) >= 11 is 14.8. The van der Waals surface area contributed by atoms with Gasteiger partial charge in [0, 0.05) is 5.02 Å². The van der Waals surface area contributed by atoms with Crippen LogP contribution in [0.4, 0.5) is 10.1 Å². The number of hydrogen-bond donors (Lipinski definition) is 1. The first-order chi connectivity index (χ1) is 8.99. The van der Waals surface area contributed by atoms with Gasteiger partial charge in [-0.15, -0.1) is 0 Å². The molecular formula is C13H7BrCl2FNO. The van der Waals surface area contributed by atoms with Crippen molar-refractivity contribution in [2.24, 2.45) is 0 Å². The fourth-order valence-corrected chi connectivity index (χ4v) is 2.17. The fraction of sp³-hybridized carbons (Fsp3) is 0. The molecule has 0 aliphatic heterocycles. The van der Waals surface area contributed by atoms with Crippen LogP contribution in [0.3, 0.4) is 0 Å². The summed E-state index contributed by atoms with van der Waals surface area (Å²) in [6.07, 6.45) is 0. The van der Waals surface area contributed by atoms with Gasteiger partial charge in [-0.05, 0) is 46.3 Å². The summed E-state index contributed by atoms with van der Waals surface area (Å²) < 4.78 is 14.0. The van der Waals surface area contributed by atoms with Gasteiger partial charge < -0.3 is 5.32 Å². The van der Waals surface area contributed by atoms with Crippen LogP contribution in [0.5, 0.6) is 0 Å². The lowest BCUT2D eigenvalue weighted by Crippen LogP contribution is -2.14. The molecule has 2 aromatic carbocycles. The molecule has 2 aromatic rings. The molecular weight excluding hydrogens is 356 g/mol. The maximum Gasteiger partial charge on any atom is 0.258 e. The summed E-state index contributed by atoms with van der Waals surface area (Å²) in [7, 11) is 0. The zero-order valence-electron chi connectivity index (χ0n) is 9.38. The summed E-state index contributed by atoms with van der Waals surface area (Å²) in [4.78, 5) is 12.0. The summed E-state index contributed by atoms with van der Waals surface area (Å²) in [5.74, 6) is -1.22. The number of hydrogen-bond acceptors (Lipinski definition) is 1. The van der Waals surface area contributed by atoms with Gasteiger partial charge in [0.25, 0.3) is 5.91 Å². The highest BCUT2D eigenvalue weighted by Crippen LogP contribution is 2.26. The molecule has 1 amide bonds. The molecule has 19 heavy (non-hydrogen) atoms. The van der Waals surface area contributed by atoms with Gasteiger partial charge in [-0.2, -0.15) is 0 Å². The first-order valence-electron chi connectivity index (χ1n) is 5.19. The van der Waals surface area contributed by atoms with E-state index in [0.29, 0.717) is 15.7 Å². The average molecular weight is 363 g/mol. The van der Waals surface area contributed by atoms with Crippen LogP contribution >= 0.6 is 39.1 Å². The van der Waals surface area contributed by atoms with Crippen LogP contribution in [-0.4, -0.2) is 5.91 Å². The van der Waals surface area contributed by atoms with E-state index in [1.54, 1.807) is 18.2 Å². The molecule has 0 fully saturated rings. The minimum atomic E-state index is -0.627. The van der Waals surface area contributed by atoms with E-state index in [-0.39, 0.29) is 10.0 Å². The Kier molecular flexibility index (Phi) is 4.45. The van der Waals surface area contributed by atoms with Crippen molar-refractivity contribution in [3.63, 3.8) is 0 Å². The standard InChI is InChI=1S/C13H7BrCl2FNO/c14-9-3-1-2-8(12(9)17)13(19)18-11-6-7(15)4-5-10(11)16/h1-6H,(H,18,19). The lowest BCUT2D eigenvalue weighted by Gasteiger charge is -2.08. The van der Waals surface area contributed by atoms with E-state index in [1.165, 1.54) is 18.2 Å². The van der Waals surface area contributed by atoms with Crippen molar-refractivity contribution in [2.75, 3.05) is 5.32 Å². The molecule has 0 saturated heterocycles. The van der Waals surface area contributed by atoms with Crippen molar-refractivity contribution in [3.05, 3.63) is 62.3 Å². The Morgan fingerprint density at radius 2 is 1.95 bits per heavy atom. The maximum absolute atomic E-state index is 13.8. The Balaban J connectivity index is 2.31. The first-order valence-corrected chi connectivity index (χ1v) is 6.74. The Labute approximate surface area is 127 Å². The minimum Gasteiger partial charge on any atom is -0.320 e. The Morgan fingerprint density at radius 1 is 1.21 bits per heavy atom. The van der Waals surface area contributed by atoms with Gasteiger partial charge in [-0.3, -0.25) is 4.79 Å². The molecule has 6 heteroatoms. The third-order valence-electron chi connectivity index (χ3n) is 2.37. The van der Waals surface area contributed by atoms with Crippen LogP contribution in [0.2, 0.25) is 10.0 Å². The number of anilines is 1. The molecule has 0 radical (unpaired) electrons. The third kappa shape index (κ3) is 3.26. The van der Waals surface area contributed by atoms with E-state index >= 15 is 0 Å². The zero-order valence-corrected chi connectivity index (χ0v) is 12.5. The van der Waals surface area contributed by atoms with Gasteiger partial charge >= 0.3 is 0 Å². The SMILES string of the molecule is O=C(Nc1cc(Cl)ccc1Cl)c1cccc(Br)c1F. The van der Waals surface area contributed by atoms with E-state index in [4.69, 9.17) is 23.2 Å². The lowest BCUT2D eigenvalue weighted by molar-refractivity contribution is 0.102. The summed E-state index contributed by atoms with van der Waals surface area (Å²) in [6, 6.07) is 9.11. The topological polar surface area (TPSA) is 29.1 Å². The highest BCUT2D eigenvalue weighted by atomic mass is 79.9. The van der Waals surface area contributed by atoms with Crippen molar-refractivity contribution in [1.82, 2.24) is 0 Å². The van der Waals surface area contributed by atoms with Gasteiger partial charge in [-0.1, -0.05) is 29.3 Å². The third-order valence-corrected chi connectivity index (χ3v) is 3.55. The van der Waals surface area contributed by atoms with E-state index in [1.807, 2.05) is 0 Å². The second-order valence-electron chi connectivity index (χ2n) is 3.68. The molecule has 0 spiro atoms. The molecule has 0 heterocycles. The first kappa shape index (κ1) is 14.3. The van der Waals surface area contributed by atoms with Crippen LogP contribution in [0.25, 0.3) is 0 Å². The van der Waals surface area contributed by atoms with Crippen molar-refractivity contribution in [2.45, 2.75) is 0 Å². The van der Waals surface area contributed by atoms with E-state index < -0.39 is 11.7 Å². The van der Waals surface area contributed by atoms with Crippen molar-refractivity contribution < 1.29 is 9.18 Å². The molecule has 0 aliphatic rings. The van der Waals surface area contributed by atoms with Gasteiger partial charge in [0.05, 0.1) is 20.7 Å². The van der Waals surface area contributed by atoms with Gasteiger partial charge in [0.1, 0.15) is 5.82 Å². The van der Waals surface area contributed by atoms with Crippen molar-refractivity contribution in [3.8, 4) is 0 Å². The number of benzene rings is 2. The molecule has 0 aliphatic carbocycles. The molecule has 0 unspecified atom stereocenters. The average Bonchev–Trinajstić information content (AvgIpc) is 2.37. The number of carbonyl (C=O) groups is 1. The summed E-state index contributed by atoms with van der Waals surface area (Å²) in [6.45, 7) is 0. The van der Waals surface area contributed by atoms with Crippen LogP contribution < -0.4 is 5.32 Å². The zero-order chi connectivity index (χ0) is 14.0. The molecule has 2 nitrogen and oxygen atoms in total. The minimum absolute atomic E-state index is 0.0783. The van der Waals surface area contributed by atoms with Crippen molar-refractivity contribution >= 4 is 50.7 Å². The largest absolute Gasteiger partial charge is 0.320 e. The predicted octanol–water partition coefficient (Wildman–Crippen LogP) is 5.15. The number of carbonyl (C=O) groups excluding carboxylic acids is 1. The van der Waals surface area contributed by atoms with Crippen LogP contribution in [0.1, 0.15) is 10.4 Å².